The monoisotopic (exact) mass is 413 g/mol. The SMILES string of the molecule is [2H]c1c([2H])c(C)c([2H])c([C@@H](O)CCCCc2ccc(NC(=O)Cc3csc(N)n3)cc2)c1[2H]. The zero-order chi connectivity index (χ0) is 24.1. The molecule has 3 aromatic rings. The number of nitrogen functional groups attached to an aromatic ring is 1. The van der Waals surface area contributed by atoms with Gasteiger partial charge >= 0.3 is 0 Å². The summed E-state index contributed by atoms with van der Waals surface area (Å²) >= 11 is 1.30. The van der Waals surface area contributed by atoms with Gasteiger partial charge in [0.25, 0.3) is 0 Å². The first-order chi connectivity index (χ1) is 15.7. The molecule has 29 heavy (non-hydrogen) atoms. The molecule has 0 saturated carbocycles. The highest BCUT2D eigenvalue weighted by Crippen LogP contribution is 2.21. The van der Waals surface area contributed by atoms with Crippen LogP contribution in [0.3, 0.4) is 0 Å². The molecular formula is C23H27N3O2S. The number of nitrogens with one attached hydrogen (secondary N) is 1. The maximum atomic E-state index is 12.1. The number of amides is 1. The van der Waals surface area contributed by atoms with E-state index in [1.807, 2.05) is 24.3 Å². The lowest BCUT2D eigenvalue weighted by Crippen LogP contribution is -2.14. The standard InChI is InChI=1S/C23H27N3O2S/c1-16-5-4-7-18(13-16)21(27)8-3-2-6-17-9-11-19(12-10-17)25-22(28)14-20-15-29-23(24)26-20/h4-5,7,9-13,15,21,27H,2-3,6,8,14H2,1H3,(H2,24,26)(H,25,28)/t21-/m0/s1/i4D,5D,7D,13D. The number of carbonyl (C=O) groups is 1. The van der Waals surface area contributed by atoms with Crippen molar-refractivity contribution in [1.82, 2.24) is 4.98 Å². The van der Waals surface area contributed by atoms with Crippen LogP contribution in [-0.4, -0.2) is 16.0 Å². The third kappa shape index (κ3) is 6.69. The van der Waals surface area contributed by atoms with Crippen molar-refractivity contribution in [2.24, 2.45) is 0 Å². The number of hydrogen-bond acceptors (Lipinski definition) is 5. The van der Waals surface area contributed by atoms with Crippen LogP contribution in [0.4, 0.5) is 10.8 Å². The molecule has 2 aromatic carbocycles. The van der Waals surface area contributed by atoms with Crippen LogP contribution in [0.15, 0.2) is 53.8 Å². The number of carbonyl (C=O) groups excluding carboxylic acids is 1. The van der Waals surface area contributed by atoms with E-state index in [0.717, 1.165) is 18.4 Å². The molecule has 0 bridgehead atoms. The fourth-order valence-corrected chi connectivity index (χ4v) is 3.53. The summed E-state index contributed by atoms with van der Waals surface area (Å²) in [4.78, 5) is 16.2. The van der Waals surface area contributed by atoms with Gasteiger partial charge in [0.05, 0.1) is 23.7 Å². The van der Waals surface area contributed by atoms with Crippen molar-refractivity contribution in [3.63, 3.8) is 0 Å². The van der Waals surface area contributed by atoms with Gasteiger partial charge in [-0.25, -0.2) is 4.98 Å². The summed E-state index contributed by atoms with van der Waals surface area (Å²) in [5.74, 6) is -0.158. The van der Waals surface area contributed by atoms with Gasteiger partial charge in [-0.1, -0.05) is 48.3 Å². The number of anilines is 2. The van der Waals surface area contributed by atoms with Crippen molar-refractivity contribution in [2.75, 3.05) is 11.1 Å². The maximum absolute atomic E-state index is 12.1. The van der Waals surface area contributed by atoms with Crippen LogP contribution >= 0.6 is 11.3 Å². The maximum Gasteiger partial charge on any atom is 0.230 e. The number of benzene rings is 2. The first kappa shape index (κ1) is 16.1. The molecule has 0 unspecified atom stereocenters. The Labute approximate surface area is 181 Å². The van der Waals surface area contributed by atoms with Gasteiger partial charge in [0.2, 0.25) is 5.91 Å². The molecular weight excluding hydrogens is 382 g/mol. The van der Waals surface area contributed by atoms with Crippen molar-refractivity contribution in [3.05, 3.63) is 76.2 Å². The molecule has 5 nitrogen and oxygen atoms in total. The van der Waals surface area contributed by atoms with E-state index in [1.165, 1.54) is 11.3 Å². The molecule has 0 aliphatic rings. The van der Waals surface area contributed by atoms with E-state index in [2.05, 4.69) is 10.3 Å². The molecule has 0 radical (unpaired) electrons. The number of thiazole rings is 1. The van der Waals surface area contributed by atoms with Crippen LogP contribution in [0.1, 0.15) is 53.2 Å². The Hall–Kier alpha value is -2.70. The molecule has 0 aliphatic carbocycles. The van der Waals surface area contributed by atoms with Crippen LogP contribution in [0, 0.1) is 6.92 Å². The average Bonchev–Trinajstić information content (AvgIpc) is 3.19. The Morgan fingerprint density at radius 2 is 2.10 bits per heavy atom. The zero-order valence-electron chi connectivity index (χ0n) is 20.3. The first-order valence-corrected chi connectivity index (χ1v) is 10.4. The lowest BCUT2D eigenvalue weighted by molar-refractivity contribution is -0.115. The Morgan fingerprint density at radius 3 is 2.83 bits per heavy atom. The molecule has 1 heterocycles. The highest BCUT2D eigenvalue weighted by molar-refractivity contribution is 7.13. The van der Waals surface area contributed by atoms with Gasteiger partial charge in [-0.15, -0.1) is 11.3 Å². The molecule has 0 spiro atoms. The summed E-state index contributed by atoms with van der Waals surface area (Å²) in [7, 11) is 0. The Morgan fingerprint density at radius 1 is 1.31 bits per heavy atom. The smallest absolute Gasteiger partial charge is 0.230 e. The van der Waals surface area contributed by atoms with Crippen LogP contribution in [0.2, 0.25) is 0 Å². The highest BCUT2D eigenvalue weighted by atomic mass is 32.1. The third-order valence-corrected chi connectivity index (χ3v) is 5.17. The Bertz CT molecular complexity index is 1110. The zero-order valence-corrected chi connectivity index (χ0v) is 17.1. The topological polar surface area (TPSA) is 88.2 Å². The summed E-state index contributed by atoms with van der Waals surface area (Å²) < 4.78 is 31.8. The molecule has 6 heteroatoms. The minimum Gasteiger partial charge on any atom is -0.388 e. The van der Waals surface area contributed by atoms with Gasteiger partial charge in [0.1, 0.15) is 0 Å². The second-order valence-electron chi connectivity index (χ2n) is 6.90. The fourth-order valence-electron chi connectivity index (χ4n) is 2.96. The fraction of sp³-hybridized carbons (Fsp3) is 0.304. The van der Waals surface area contributed by atoms with Gasteiger partial charge < -0.3 is 16.2 Å². The van der Waals surface area contributed by atoms with Gasteiger partial charge in [-0.3, -0.25) is 4.79 Å². The number of hydrogen-bond donors (Lipinski definition) is 3. The number of unbranched alkanes of at least 4 members (excludes halogenated alkanes) is 1. The van der Waals surface area contributed by atoms with Crippen LogP contribution in [0.25, 0.3) is 0 Å². The predicted octanol–water partition coefficient (Wildman–Crippen LogP) is 4.66. The number of nitrogens with zero attached hydrogens (tertiary/aromatic N) is 1. The largest absolute Gasteiger partial charge is 0.388 e. The van der Waals surface area contributed by atoms with E-state index in [4.69, 9.17) is 11.2 Å². The second kappa shape index (κ2) is 10.2. The molecule has 0 aliphatic heterocycles. The molecule has 0 saturated heterocycles. The van der Waals surface area contributed by atoms with Crippen molar-refractivity contribution >= 4 is 28.1 Å². The number of nitrogens with two attached hydrogens (primary N) is 1. The van der Waals surface area contributed by atoms with Crippen molar-refractivity contribution in [1.29, 1.82) is 0 Å². The van der Waals surface area contributed by atoms with E-state index >= 15 is 0 Å². The number of aromatic nitrogens is 1. The third-order valence-electron chi connectivity index (χ3n) is 4.44. The first-order valence-electron chi connectivity index (χ1n) is 11.5. The number of aryl methyl sites for hydroxylation is 1. The van der Waals surface area contributed by atoms with E-state index in [9.17, 15) is 9.90 Å². The Balaban J connectivity index is 1.47. The quantitative estimate of drug-likeness (QED) is 0.445. The highest BCUT2D eigenvalue weighted by Gasteiger charge is 2.08. The van der Waals surface area contributed by atoms with Gasteiger partial charge in [-0.05, 0) is 49.4 Å². The van der Waals surface area contributed by atoms with Gasteiger partial charge in [0, 0.05) is 11.1 Å². The summed E-state index contributed by atoms with van der Waals surface area (Å²) in [6.45, 7) is 1.57. The molecule has 0 fully saturated rings. The minimum atomic E-state index is -1.00. The Kier molecular flexibility index (Phi) is 5.67. The second-order valence-corrected chi connectivity index (χ2v) is 7.79. The summed E-state index contributed by atoms with van der Waals surface area (Å²) in [5.41, 5.74) is 8.47. The van der Waals surface area contributed by atoms with Gasteiger partial charge in [0.15, 0.2) is 5.13 Å². The van der Waals surface area contributed by atoms with Crippen molar-refractivity contribution in [3.8, 4) is 0 Å². The van der Waals surface area contributed by atoms with E-state index in [0.29, 0.717) is 34.9 Å². The molecule has 1 amide bonds. The molecule has 1 atom stereocenters. The van der Waals surface area contributed by atoms with E-state index < -0.39 is 6.10 Å². The lowest BCUT2D eigenvalue weighted by atomic mass is 10.00. The van der Waals surface area contributed by atoms with Gasteiger partial charge in [-0.2, -0.15) is 0 Å². The van der Waals surface area contributed by atoms with E-state index in [1.54, 1.807) is 12.3 Å². The van der Waals surface area contributed by atoms with Crippen molar-refractivity contribution < 1.29 is 15.4 Å². The predicted molar refractivity (Wildman–Crippen MR) is 119 cm³/mol. The molecule has 3 rings (SSSR count). The normalized spacial score (nSPS) is 13.9. The summed E-state index contributed by atoms with van der Waals surface area (Å²) in [6.07, 6.45) is 1.82. The number of aliphatic hydroxyl groups excluding tert-OH is 1. The molecule has 4 N–H and O–H groups in total. The van der Waals surface area contributed by atoms with Crippen LogP contribution in [0.5, 0.6) is 0 Å². The molecule has 1 aromatic heterocycles. The summed E-state index contributed by atoms with van der Waals surface area (Å²) in [6, 6.07) is 6.94. The van der Waals surface area contributed by atoms with E-state index in [-0.39, 0.29) is 42.1 Å². The summed E-state index contributed by atoms with van der Waals surface area (Å²) in [5, 5.41) is 15.6. The molecule has 152 valence electrons. The van der Waals surface area contributed by atoms with Crippen LogP contribution in [-0.2, 0) is 17.6 Å². The number of aliphatic hydroxyl groups is 1. The van der Waals surface area contributed by atoms with Crippen molar-refractivity contribution in [2.45, 2.75) is 45.1 Å². The lowest BCUT2D eigenvalue weighted by Gasteiger charge is -2.11. The number of rotatable bonds is 9. The average molecular weight is 414 g/mol. The van der Waals surface area contributed by atoms with Crippen LogP contribution < -0.4 is 11.1 Å². The minimum absolute atomic E-state index is 0.0237.